The van der Waals surface area contributed by atoms with Gasteiger partial charge in [-0.2, -0.15) is 13.2 Å². The van der Waals surface area contributed by atoms with Crippen molar-refractivity contribution in [3.63, 3.8) is 0 Å². The van der Waals surface area contributed by atoms with E-state index in [0.29, 0.717) is 38.6 Å². The Labute approximate surface area is 184 Å². The van der Waals surface area contributed by atoms with Crippen molar-refractivity contribution in [2.24, 2.45) is 4.99 Å². The van der Waals surface area contributed by atoms with E-state index in [1.54, 1.807) is 12.1 Å². The number of likely N-dealkylation sites (tertiary alicyclic amines) is 1. The van der Waals surface area contributed by atoms with Crippen LogP contribution in [0.25, 0.3) is 0 Å². The van der Waals surface area contributed by atoms with Gasteiger partial charge in [-0.25, -0.2) is 9.38 Å². The zero-order valence-corrected chi connectivity index (χ0v) is 17.6. The van der Waals surface area contributed by atoms with E-state index in [0.717, 1.165) is 17.5 Å². The molecule has 0 N–H and O–H groups in total. The molecule has 4 nitrogen and oxygen atoms in total. The lowest BCUT2D eigenvalue weighted by Crippen LogP contribution is -2.44. The molecule has 1 saturated heterocycles. The normalized spacial score (nSPS) is 25.7. The van der Waals surface area contributed by atoms with Gasteiger partial charge in [0.2, 0.25) is 0 Å². The summed E-state index contributed by atoms with van der Waals surface area (Å²) in [5, 5.41) is 0. The minimum Gasteiger partial charge on any atom is -0.455 e. The first-order chi connectivity index (χ1) is 15.3. The number of hydrogen-bond donors (Lipinski definition) is 0. The topological polar surface area (TPSA) is 28.1 Å². The molecule has 0 aromatic heterocycles. The maximum Gasteiger partial charge on any atom is 0.390 e. The van der Waals surface area contributed by atoms with Gasteiger partial charge in [-0.05, 0) is 35.2 Å². The summed E-state index contributed by atoms with van der Waals surface area (Å²) in [4.78, 5) is 8.63. The molecule has 8 heteroatoms. The quantitative estimate of drug-likeness (QED) is 0.646. The first-order valence-corrected chi connectivity index (χ1v) is 10.9. The predicted octanol–water partition coefficient (Wildman–Crippen LogP) is 4.56. The Morgan fingerprint density at radius 2 is 1.84 bits per heavy atom. The molecule has 0 unspecified atom stereocenters. The van der Waals surface area contributed by atoms with Crippen LogP contribution in [0.1, 0.15) is 35.6 Å². The van der Waals surface area contributed by atoms with Gasteiger partial charge in [0.05, 0.1) is 19.0 Å². The van der Waals surface area contributed by atoms with Gasteiger partial charge in [0.25, 0.3) is 6.02 Å². The Balaban J connectivity index is 1.36. The van der Waals surface area contributed by atoms with E-state index < -0.39 is 18.2 Å². The maximum atomic E-state index is 13.6. The summed E-state index contributed by atoms with van der Waals surface area (Å²) >= 11 is 0. The molecule has 3 aliphatic heterocycles. The summed E-state index contributed by atoms with van der Waals surface area (Å²) in [6.07, 6.45) is -3.48. The summed E-state index contributed by atoms with van der Waals surface area (Å²) in [5.74, 6) is -0.289. The Bertz CT molecular complexity index is 1010. The van der Waals surface area contributed by atoms with Crippen LogP contribution in [0.4, 0.5) is 17.6 Å². The van der Waals surface area contributed by atoms with Crippen LogP contribution < -0.4 is 0 Å². The van der Waals surface area contributed by atoms with Crippen molar-refractivity contribution in [3.8, 4) is 0 Å². The van der Waals surface area contributed by atoms with E-state index in [1.165, 1.54) is 17.7 Å². The van der Waals surface area contributed by atoms with Gasteiger partial charge in [-0.3, -0.25) is 4.90 Å². The van der Waals surface area contributed by atoms with Crippen molar-refractivity contribution in [2.45, 2.75) is 37.1 Å². The number of hydrogen-bond acceptors (Lipinski definition) is 4. The monoisotopic (exact) mass is 447 g/mol. The van der Waals surface area contributed by atoms with Crippen molar-refractivity contribution in [1.29, 1.82) is 0 Å². The second-order valence-corrected chi connectivity index (χ2v) is 8.87. The molecule has 0 saturated carbocycles. The van der Waals surface area contributed by atoms with Crippen molar-refractivity contribution in [3.05, 3.63) is 71.0 Å². The molecule has 0 radical (unpaired) electrons. The highest BCUT2D eigenvalue weighted by molar-refractivity contribution is 5.78. The molecule has 2 aromatic carbocycles. The lowest BCUT2D eigenvalue weighted by molar-refractivity contribution is -0.137. The van der Waals surface area contributed by atoms with E-state index in [-0.39, 0.29) is 18.4 Å². The molecule has 3 aliphatic rings. The fourth-order valence-corrected chi connectivity index (χ4v) is 5.01. The van der Waals surface area contributed by atoms with Crippen LogP contribution in [0.2, 0.25) is 0 Å². The molecule has 2 aromatic rings. The maximum absolute atomic E-state index is 13.6. The third-order valence-electron chi connectivity index (χ3n) is 6.63. The molecular formula is C24H25F4N3O. The van der Waals surface area contributed by atoms with Crippen LogP contribution in [0.3, 0.4) is 0 Å². The van der Waals surface area contributed by atoms with E-state index in [4.69, 9.17) is 9.73 Å². The smallest absolute Gasteiger partial charge is 0.390 e. The van der Waals surface area contributed by atoms with Gasteiger partial charge < -0.3 is 9.64 Å². The highest BCUT2D eigenvalue weighted by Gasteiger charge is 2.47. The molecule has 0 aliphatic carbocycles. The van der Waals surface area contributed by atoms with Crippen LogP contribution >= 0.6 is 0 Å². The highest BCUT2D eigenvalue weighted by Crippen LogP contribution is 2.39. The van der Waals surface area contributed by atoms with E-state index in [9.17, 15) is 17.6 Å². The molecule has 1 spiro atoms. The number of amidine groups is 1. The average Bonchev–Trinajstić information content (AvgIpc) is 3.38. The number of halogens is 4. The minimum atomic E-state index is -4.16. The average molecular weight is 447 g/mol. The standard InChI is InChI=1S/C24H25F4N3O/c25-19-7-5-18(6-8-19)21-20-4-2-1-3-17(20)9-12-31(21)22-29-15-23(32-22)10-13-30(16-23)14-11-24(26,27)28/h1-8,21H,9-16H2/t21-,23+/m0/s1. The number of rotatable bonds is 3. The van der Waals surface area contributed by atoms with Gasteiger partial charge in [0.1, 0.15) is 11.4 Å². The Hall–Kier alpha value is -2.61. The third kappa shape index (κ3) is 4.20. The fourth-order valence-electron chi connectivity index (χ4n) is 5.01. The third-order valence-corrected chi connectivity index (χ3v) is 6.63. The highest BCUT2D eigenvalue weighted by atomic mass is 19.4. The largest absolute Gasteiger partial charge is 0.455 e. The summed E-state index contributed by atoms with van der Waals surface area (Å²) < 4.78 is 57.8. The Kier molecular flexibility index (Phi) is 5.35. The summed E-state index contributed by atoms with van der Waals surface area (Å²) in [7, 11) is 0. The minimum absolute atomic E-state index is 0.0146. The van der Waals surface area contributed by atoms with Crippen molar-refractivity contribution in [2.75, 3.05) is 32.7 Å². The van der Waals surface area contributed by atoms with Gasteiger partial charge >= 0.3 is 6.18 Å². The van der Waals surface area contributed by atoms with Crippen molar-refractivity contribution in [1.82, 2.24) is 9.80 Å². The van der Waals surface area contributed by atoms with E-state index >= 15 is 0 Å². The Morgan fingerprint density at radius 1 is 1.06 bits per heavy atom. The van der Waals surface area contributed by atoms with E-state index in [1.807, 2.05) is 17.0 Å². The van der Waals surface area contributed by atoms with Crippen molar-refractivity contribution < 1.29 is 22.3 Å². The van der Waals surface area contributed by atoms with Gasteiger partial charge in [0, 0.05) is 32.6 Å². The molecule has 170 valence electrons. The zero-order chi connectivity index (χ0) is 22.3. The Morgan fingerprint density at radius 3 is 2.62 bits per heavy atom. The van der Waals surface area contributed by atoms with Gasteiger partial charge in [-0.1, -0.05) is 36.4 Å². The van der Waals surface area contributed by atoms with Crippen LogP contribution in [-0.2, 0) is 11.2 Å². The van der Waals surface area contributed by atoms with Crippen molar-refractivity contribution >= 4 is 6.02 Å². The second kappa shape index (κ2) is 8.06. The van der Waals surface area contributed by atoms with E-state index in [2.05, 4.69) is 17.0 Å². The zero-order valence-electron chi connectivity index (χ0n) is 17.6. The van der Waals surface area contributed by atoms with Gasteiger partial charge in [-0.15, -0.1) is 0 Å². The number of alkyl halides is 3. The number of nitrogens with zero attached hydrogens (tertiary/aromatic N) is 3. The molecular weight excluding hydrogens is 422 g/mol. The molecule has 5 rings (SSSR count). The molecule has 0 bridgehead atoms. The van der Waals surface area contributed by atoms with Crippen LogP contribution in [0, 0.1) is 5.82 Å². The summed E-state index contributed by atoms with van der Waals surface area (Å²) in [6.45, 7) is 2.15. The molecule has 32 heavy (non-hydrogen) atoms. The molecule has 2 atom stereocenters. The van der Waals surface area contributed by atoms with Crippen LogP contribution in [0.5, 0.6) is 0 Å². The molecule has 0 amide bonds. The summed E-state index contributed by atoms with van der Waals surface area (Å²) in [5.41, 5.74) is 2.76. The summed E-state index contributed by atoms with van der Waals surface area (Å²) in [6, 6.07) is 15.1. The fraction of sp³-hybridized carbons (Fsp3) is 0.458. The number of aliphatic imine (C=N–C) groups is 1. The second-order valence-electron chi connectivity index (χ2n) is 8.87. The number of benzene rings is 2. The predicted molar refractivity (Wildman–Crippen MR) is 113 cm³/mol. The van der Waals surface area contributed by atoms with Crippen LogP contribution in [-0.4, -0.2) is 60.3 Å². The molecule has 1 fully saturated rings. The lowest BCUT2D eigenvalue weighted by Gasteiger charge is -2.39. The number of ether oxygens (including phenoxy) is 1. The SMILES string of the molecule is Fc1ccc([C@H]2c3ccccc3CCN2C2=NC[C@@]3(CCN(CCC(F)(F)F)C3)O2)cc1. The first-order valence-electron chi connectivity index (χ1n) is 10.9. The molecule has 3 heterocycles. The first kappa shape index (κ1) is 21.2. The number of fused-ring (bicyclic) bond motifs is 1. The lowest BCUT2D eigenvalue weighted by atomic mass is 9.88. The van der Waals surface area contributed by atoms with Crippen LogP contribution in [0.15, 0.2) is 53.5 Å². The van der Waals surface area contributed by atoms with Gasteiger partial charge in [0.15, 0.2) is 0 Å².